The van der Waals surface area contributed by atoms with Crippen molar-refractivity contribution in [3.05, 3.63) is 139 Å². The van der Waals surface area contributed by atoms with E-state index in [-0.39, 0.29) is 17.3 Å². The number of carbonyl (C=O) groups excluding carboxylic acids is 3. The van der Waals surface area contributed by atoms with E-state index >= 15 is 0 Å². The van der Waals surface area contributed by atoms with Crippen molar-refractivity contribution in [2.75, 3.05) is 4.90 Å². The molecule has 0 amide bonds. The number of benzene rings is 4. The summed E-state index contributed by atoms with van der Waals surface area (Å²) in [6.45, 7) is 0. The molecule has 0 N–H and O–H groups in total. The molecule has 2 heterocycles. The third-order valence-electron chi connectivity index (χ3n) is 8.39. The van der Waals surface area contributed by atoms with E-state index in [1.807, 2.05) is 53.5 Å². The standard InChI is InChI=1S/C33H20BrCl2NO3/c34-20-11-14-26-19(16-20)10-15-27-33(31(39)22-8-4-5-9-23(22)32(33)40)28(24-13-12-21(35)17-25(24)36)29(37(26)27)30(38)18-6-2-1-3-7-18/h1-17,27-29H/t27?,28-,29+/m1/s1. The highest BCUT2D eigenvalue weighted by Crippen LogP contribution is 2.61. The highest BCUT2D eigenvalue weighted by Gasteiger charge is 2.71. The van der Waals surface area contributed by atoms with Crippen molar-refractivity contribution in [3.8, 4) is 0 Å². The van der Waals surface area contributed by atoms with Crippen LogP contribution in [-0.2, 0) is 0 Å². The Morgan fingerprint density at radius 1 is 0.825 bits per heavy atom. The minimum Gasteiger partial charge on any atom is -0.352 e. The molecule has 1 unspecified atom stereocenters. The highest BCUT2D eigenvalue weighted by atomic mass is 79.9. The van der Waals surface area contributed by atoms with Crippen LogP contribution in [0.3, 0.4) is 0 Å². The number of Topliss-reactive ketones (excluding diaryl/α,β-unsaturated/α-hetero) is 3. The molecule has 7 heteroatoms. The average molecular weight is 629 g/mol. The molecular formula is C33H20BrCl2NO3. The van der Waals surface area contributed by atoms with Crippen molar-refractivity contribution >= 4 is 68.2 Å². The maximum absolute atomic E-state index is 14.6. The summed E-state index contributed by atoms with van der Waals surface area (Å²) in [6.07, 6.45) is 3.83. The van der Waals surface area contributed by atoms with Gasteiger partial charge in [-0.05, 0) is 41.5 Å². The van der Waals surface area contributed by atoms with Crippen LogP contribution in [0.15, 0.2) is 102 Å². The predicted molar refractivity (Wildman–Crippen MR) is 161 cm³/mol. The number of nitrogens with zero attached hydrogens (tertiary/aromatic N) is 1. The van der Waals surface area contributed by atoms with Crippen molar-refractivity contribution in [3.63, 3.8) is 0 Å². The Morgan fingerprint density at radius 2 is 1.50 bits per heavy atom. The normalized spacial score (nSPS) is 21.9. The Balaban J connectivity index is 1.57. The van der Waals surface area contributed by atoms with Crippen molar-refractivity contribution in [2.45, 2.75) is 18.0 Å². The summed E-state index contributed by atoms with van der Waals surface area (Å²) in [5, 5.41) is 0.728. The van der Waals surface area contributed by atoms with Gasteiger partial charge in [0.25, 0.3) is 0 Å². The van der Waals surface area contributed by atoms with Gasteiger partial charge in [-0.15, -0.1) is 0 Å². The molecule has 3 atom stereocenters. The Kier molecular flexibility index (Phi) is 5.90. The molecule has 1 aliphatic carbocycles. The Hall–Kier alpha value is -3.51. The minimum absolute atomic E-state index is 0.195. The quantitative estimate of drug-likeness (QED) is 0.170. The molecule has 4 aromatic rings. The number of carbonyl (C=O) groups is 3. The zero-order chi connectivity index (χ0) is 27.8. The molecule has 2 aliphatic heterocycles. The Labute approximate surface area is 249 Å². The number of ketones is 3. The van der Waals surface area contributed by atoms with Crippen LogP contribution in [0.4, 0.5) is 5.69 Å². The van der Waals surface area contributed by atoms with Crippen LogP contribution in [0.5, 0.6) is 0 Å². The molecule has 7 rings (SSSR count). The second kappa shape index (κ2) is 9.27. The van der Waals surface area contributed by atoms with Crippen LogP contribution in [0.1, 0.15) is 48.1 Å². The van der Waals surface area contributed by atoms with Crippen LogP contribution < -0.4 is 4.90 Å². The van der Waals surface area contributed by atoms with Crippen molar-refractivity contribution in [1.82, 2.24) is 0 Å². The number of hydrogen-bond acceptors (Lipinski definition) is 4. The zero-order valence-corrected chi connectivity index (χ0v) is 24.0. The molecule has 1 spiro atoms. The molecule has 0 bridgehead atoms. The van der Waals surface area contributed by atoms with Crippen LogP contribution in [0.2, 0.25) is 10.0 Å². The van der Waals surface area contributed by atoms with Gasteiger partial charge in [0.15, 0.2) is 17.3 Å². The molecule has 40 heavy (non-hydrogen) atoms. The maximum atomic E-state index is 14.6. The lowest BCUT2D eigenvalue weighted by Gasteiger charge is -2.37. The first-order valence-corrected chi connectivity index (χ1v) is 14.4. The Morgan fingerprint density at radius 3 is 2.17 bits per heavy atom. The van der Waals surface area contributed by atoms with Crippen LogP contribution in [-0.4, -0.2) is 29.4 Å². The van der Waals surface area contributed by atoms with E-state index in [1.54, 1.807) is 54.6 Å². The third kappa shape index (κ3) is 3.41. The zero-order valence-electron chi connectivity index (χ0n) is 20.9. The third-order valence-corrected chi connectivity index (χ3v) is 9.45. The number of halogens is 3. The van der Waals surface area contributed by atoms with Gasteiger partial charge in [0.1, 0.15) is 11.5 Å². The number of hydrogen-bond donors (Lipinski definition) is 0. The fourth-order valence-corrected chi connectivity index (χ4v) is 7.72. The molecular weight excluding hydrogens is 609 g/mol. The molecule has 1 saturated heterocycles. The number of rotatable bonds is 3. The average Bonchev–Trinajstić information content (AvgIpc) is 3.39. The maximum Gasteiger partial charge on any atom is 0.185 e. The lowest BCUT2D eigenvalue weighted by molar-refractivity contribution is 0.0666. The SMILES string of the molecule is O=C(c1ccccc1)[C@@H]1[C@@H](c2ccc(Cl)cc2Cl)C2(C(=O)c3ccccc3C2=O)C2C=Cc3cc(Br)ccc3N21. The van der Waals surface area contributed by atoms with E-state index in [9.17, 15) is 14.4 Å². The first kappa shape index (κ1) is 25.5. The Bertz CT molecular complexity index is 1750. The summed E-state index contributed by atoms with van der Waals surface area (Å²) in [4.78, 5) is 45.9. The first-order chi connectivity index (χ1) is 19.3. The second-order valence-electron chi connectivity index (χ2n) is 10.3. The minimum atomic E-state index is -1.61. The summed E-state index contributed by atoms with van der Waals surface area (Å²) in [5.74, 6) is -1.68. The van der Waals surface area contributed by atoms with Gasteiger partial charge in [-0.3, -0.25) is 14.4 Å². The van der Waals surface area contributed by atoms with E-state index in [1.165, 1.54) is 0 Å². The number of anilines is 1. The van der Waals surface area contributed by atoms with Gasteiger partial charge in [-0.25, -0.2) is 0 Å². The molecule has 0 saturated carbocycles. The van der Waals surface area contributed by atoms with Crippen molar-refractivity contribution in [1.29, 1.82) is 0 Å². The van der Waals surface area contributed by atoms with Crippen LogP contribution in [0, 0.1) is 5.41 Å². The largest absolute Gasteiger partial charge is 0.352 e. The van der Waals surface area contributed by atoms with E-state index in [0.29, 0.717) is 32.3 Å². The molecule has 4 aromatic carbocycles. The fraction of sp³-hybridized carbons (Fsp3) is 0.121. The topological polar surface area (TPSA) is 54.5 Å². The molecule has 4 nitrogen and oxygen atoms in total. The van der Waals surface area contributed by atoms with Crippen LogP contribution in [0.25, 0.3) is 6.08 Å². The summed E-state index contributed by atoms with van der Waals surface area (Å²) in [6, 6.07) is 25.1. The summed E-state index contributed by atoms with van der Waals surface area (Å²) < 4.78 is 0.881. The first-order valence-electron chi connectivity index (χ1n) is 12.8. The second-order valence-corrected chi connectivity index (χ2v) is 12.1. The molecule has 0 radical (unpaired) electrons. The van der Waals surface area contributed by atoms with Crippen molar-refractivity contribution in [2.24, 2.45) is 5.41 Å². The molecule has 0 aromatic heterocycles. The lowest BCUT2D eigenvalue weighted by Crippen LogP contribution is -2.48. The molecule has 3 aliphatic rings. The van der Waals surface area contributed by atoms with Gasteiger partial charge >= 0.3 is 0 Å². The van der Waals surface area contributed by atoms with Crippen molar-refractivity contribution < 1.29 is 14.4 Å². The van der Waals surface area contributed by atoms with Gasteiger partial charge in [0.2, 0.25) is 0 Å². The van der Waals surface area contributed by atoms with E-state index in [4.69, 9.17) is 23.2 Å². The molecule has 196 valence electrons. The number of fused-ring (bicyclic) bond motifs is 5. The monoisotopic (exact) mass is 627 g/mol. The van der Waals surface area contributed by atoms with Gasteiger partial charge in [0.05, 0.1) is 6.04 Å². The lowest BCUT2D eigenvalue weighted by atomic mass is 9.64. The van der Waals surface area contributed by atoms with E-state index in [2.05, 4.69) is 15.9 Å². The van der Waals surface area contributed by atoms with E-state index < -0.39 is 23.4 Å². The predicted octanol–water partition coefficient (Wildman–Crippen LogP) is 8.07. The van der Waals surface area contributed by atoms with Gasteiger partial charge < -0.3 is 4.90 Å². The smallest absolute Gasteiger partial charge is 0.185 e. The summed E-state index contributed by atoms with van der Waals surface area (Å²) in [5.41, 5.74) is 1.80. The van der Waals surface area contributed by atoms with Gasteiger partial charge in [0, 0.05) is 42.8 Å². The van der Waals surface area contributed by atoms with Crippen LogP contribution >= 0.6 is 39.1 Å². The summed E-state index contributed by atoms with van der Waals surface area (Å²) in [7, 11) is 0. The highest BCUT2D eigenvalue weighted by molar-refractivity contribution is 9.10. The summed E-state index contributed by atoms with van der Waals surface area (Å²) >= 11 is 16.7. The molecule has 1 fully saturated rings. The fourth-order valence-electron chi connectivity index (χ4n) is 6.82. The van der Waals surface area contributed by atoms with Gasteiger partial charge in [-0.2, -0.15) is 0 Å². The van der Waals surface area contributed by atoms with Gasteiger partial charge in [-0.1, -0.05) is 112 Å². The van der Waals surface area contributed by atoms with E-state index in [0.717, 1.165) is 15.7 Å².